The fourth-order valence-corrected chi connectivity index (χ4v) is 0. The van der Waals surface area contributed by atoms with Crippen LogP contribution in [0.15, 0.2) is 0 Å². The molecule has 0 radical (unpaired) electrons. The zero-order valence-electron chi connectivity index (χ0n) is 3.61. The quantitative estimate of drug-likeness (QED) is 0.284. The van der Waals surface area contributed by atoms with Crippen molar-refractivity contribution in [3.05, 3.63) is 0 Å². The van der Waals surface area contributed by atoms with Crippen LogP contribution >= 0.6 is 0 Å². The Morgan fingerprint density at radius 1 is 0.778 bits per heavy atom. The summed E-state index contributed by atoms with van der Waals surface area (Å²) in [4.78, 5) is 28.6. The molecule has 0 saturated heterocycles. The molecule has 0 saturated carbocycles. The summed E-state index contributed by atoms with van der Waals surface area (Å²) in [5.41, 5.74) is 0. The predicted molar refractivity (Wildman–Crippen MR) is 33.1 cm³/mol. The van der Waals surface area contributed by atoms with Gasteiger partial charge in [-0.25, -0.2) is 0 Å². The van der Waals surface area contributed by atoms with E-state index in [1.807, 2.05) is 0 Å². The van der Waals surface area contributed by atoms with Crippen molar-refractivity contribution in [3.8, 4) is 0 Å². The van der Waals surface area contributed by atoms with E-state index in [-0.39, 0.29) is 11.0 Å². The minimum Gasteiger partial charge on any atom is -0.511 e. The fraction of sp³-hybridized carbons (Fsp3) is 0. The van der Waals surface area contributed by atoms with E-state index < -0.39 is 18.3 Å². The highest BCUT2D eigenvalue weighted by Crippen LogP contribution is 1.27. The van der Waals surface area contributed by atoms with Crippen LogP contribution in [-0.4, -0.2) is 48.5 Å². The summed E-state index contributed by atoms with van der Waals surface area (Å²) in [7, 11) is -6.26. The normalized spacial score (nSPS) is 5.33. The lowest BCUT2D eigenvalue weighted by Crippen LogP contribution is -1.90. The van der Waals surface area contributed by atoms with Gasteiger partial charge in [-0.2, -0.15) is 0 Å². The third kappa shape index (κ3) is 733. The van der Waals surface area contributed by atoms with Gasteiger partial charge in [-0.1, -0.05) is 0 Å². The molecule has 9 heteroatoms. The molecule has 0 amide bonds. The van der Waals surface area contributed by atoms with Crippen LogP contribution in [-0.2, 0) is 8.92 Å². The minimum atomic E-state index is -3.13. The summed E-state index contributed by atoms with van der Waals surface area (Å²) < 4.78 is 17.5. The summed E-state index contributed by atoms with van der Waals surface area (Å²) in [6.45, 7) is 0. The lowest BCUT2D eigenvalue weighted by atomic mass is 15.8. The second-order valence-corrected chi connectivity index (χ2v) is 1.70. The summed E-state index contributed by atoms with van der Waals surface area (Å²) in [5.74, 6) is 0. The van der Waals surface area contributed by atoms with Crippen LogP contribution < -0.4 is 0 Å². The van der Waals surface area contributed by atoms with Gasteiger partial charge in [-0.05, 0) is 11.0 Å². The molecule has 0 heterocycles. The molecule has 0 bridgehead atoms. The highest BCUT2D eigenvalue weighted by atomic mass is 28.3. The van der Waals surface area contributed by atoms with Gasteiger partial charge in [0, 0.05) is 0 Å². The SMILES string of the molecule is O=[Si](O)O.O=[Si](O)O.[SiH4]. The van der Waals surface area contributed by atoms with E-state index >= 15 is 0 Å². The van der Waals surface area contributed by atoms with Gasteiger partial charge in [0.15, 0.2) is 0 Å². The maximum Gasteiger partial charge on any atom is 0.761 e. The van der Waals surface area contributed by atoms with Crippen LogP contribution in [0.2, 0.25) is 0 Å². The predicted octanol–water partition coefficient (Wildman–Crippen LogP) is -4.68. The number of hydrogen-bond donors (Lipinski definition) is 4. The topological polar surface area (TPSA) is 115 Å². The molecule has 0 spiro atoms. The molecular weight excluding hydrogens is 180 g/mol. The number of rotatable bonds is 0. The average Bonchev–Trinajstić information content (AvgIpc) is 1.25. The van der Waals surface area contributed by atoms with Gasteiger partial charge >= 0.3 is 18.3 Å². The molecule has 0 aromatic heterocycles. The molecule has 0 unspecified atom stereocenters. The Balaban J connectivity index is -0.0000000720. The second-order valence-electron chi connectivity index (χ2n) is 0.565. The van der Waals surface area contributed by atoms with Crippen molar-refractivity contribution in [1.82, 2.24) is 0 Å². The Morgan fingerprint density at radius 3 is 0.778 bits per heavy atom. The first-order chi connectivity index (χ1) is 3.46. The van der Waals surface area contributed by atoms with Gasteiger partial charge in [0.05, 0.1) is 0 Å². The summed E-state index contributed by atoms with van der Waals surface area (Å²) in [6.07, 6.45) is 0. The minimum absolute atomic E-state index is 0. The molecule has 0 aliphatic carbocycles. The maximum absolute atomic E-state index is 8.74. The van der Waals surface area contributed by atoms with Crippen LogP contribution in [0.1, 0.15) is 0 Å². The van der Waals surface area contributed by atoms with Gasteiger partial charge in [-0.15, -0.1) is 0 Å². The van der Waals surface area contributed by atoms with Crippen molar-refractivity contribution >= 4 is 29.3 Å². The maximum atomic E-state index is 8.74. The van der Waals surface area contributed by atoms with Gasteiger partial charge < -0.3 is 19.2 Å². The van der Waals surface area contributed by atoms with Crippen molar-refractivity contribution < 1.29 is 28.1 Å². The third-order valence-electron chi connectivity index (χ3n) is 0. The first-order valence-electron chi connectivity index (χ1n) is 1.30. The highest BCUT2D eigenvalue weighted by Gasteiger charge is 1.85. The van der Waals surface area contributed by atoms with E-state index in [1.165, 1.54) is 0 Å². The number of hydrogen-bond acceptors (Lipinski definition) is 2. The molecule has 0 aliphatic rings. The average molecular weight is 188 g/mol. The van der Waals surface area contributed by atoms with Gasteiger partial charge in [0.25, 0.3) is 0 Å². The van der Waals surface area contributed by atoms with Gasteiger partial charge in [-0.3, -0.25) is 8.92 Å². The third-order valence-corrected chi connectivity index (χ3v) is 0. The molecule has 0 rings (SSSR count). The van der Waals surface area contributed by atoms with Crippen LogP contribution in [0.25, 0.3) is 0 Å². The lowest BCUT2D eigenvalue weighted by Gasteiger charge is -1.55. The molecule has 0 aromatic carbocycles. The first kappa shape index (κ1) is 15.8. The van der Waals surface area contributed by atoms with Crippen LogP contribution in [0, 0.1) is 0 Å². The van der Waals surface area contributed by atoms with E-state index in [2.05, 4.69) is 0 Å². The van der Waals surface area contributed by atoms with Crippen molar-refractivity contribution in [1.29, 1.82) is 0 Å². The van der Waals surface area contributed by atoms with Crippen molar-refractivity contribution in [2.45, 2.75) is 0 Å². The van der Waals surface area contributed by atoms with Crippen molar-refractivity contribution in [3.63, 3.8) is 0 Å². The Kier molecular flexibility index (Phi) is 18.3. The molecular formula is H8O6Si3. The van der Waals surface area contributed by atoms with Crippen LogP contribution in [0.3, 0.4) is 0 Å². The standard InChI is InChI=1S/2H2O3Si.H4Si/c2*1-4(2)3;/h2*1-2H;1H4. The van der Waals surface area contributed by atoms with E-state index in [0.29, 0.717) is 0 Å². The zero-order valence-corrected chi connectivity index (χ0v) is 5.61. The Morgan fingerprint density at radius 2 is 0.778 bits per heavy atom. The molecule has 0 atom stereocenters. The molecule has 0 aromatic rings. The van der Waals surface area contributed by atoms with E-state index in [4.69, 9.17) is 28.1 Å². The largest absolute Gasteiger partial charge is 0.761 e. The van der Waals surface area contributed by atoms with E-state index in [9.17, 15) is 0 Å². The lowest BCUT2D eigenvalue weighted by molar-refractivity contribution is 0.328. The fourth-order valence-electron chi connectivity index (χ4n) is 0. The Hall–Kier alpha value is -0.549. The molecule has 4 N–H and O–H groups in total. The van der Waals surface area contributed by atoms with Gasteiger partial charge in [0.1, 0.15) is 0 Å². The smallest absolute Gasteiger partial charge is 0.511 e. The summed E-state index contributed by atoms with van der Waals surface area (Å²) >= 11 is 0. The van der Waals surface area contributed by atoms with Crippen molar-refractivity contribution in [2.24, 2.45) is 0 Å². The van der Waals surface area contributed by atoms with E-state index in [1.54, 1.807) is 0 Å². The zero-order chi connectivity index (χ0) is 7.15. The monoisotopic (exact) mass is 188 g/mol. The molecule has 6 nitrogen and oxygen atoms in total. The van der Waals surface area contributed by atoms with Crippen LogP contribution in [0.4, 0.5) is 0 Å². The molecule has 0 aliphatic heterocycles. The van der Waals surface area contributed by atoms with Crippen LogP contribution in [0.5, 0.6) is 0 Å². The first-order valence-corrected chi connectivity index (χ1v) is 3.91. The Bertz CT molecular complexity index is 66.3. The molecule has 56 valence electrons. The molecule has 0 fully saturated rings. The summed E-state index contributed by atoms with van der Waals surface area (Å²) in [5, 5.41) is 0. The van der Waals surface area contributed by atoms with E-state index in [0.717, 1.165) is 0 Å². The van der Waals surface area contributed by atoms with Crippen molar-refractivity contribution in [2.75, 3.05) is 0 Å². The van der Waals surface area contributed by atoms with Gasteiger partial charge in [0.2, 0.25) is 0 Å². The Labute approximate surface area is 58.2 Å². The summed E-state index contributed by atoms with van der Waals surface area (Å²) in [6, 6.07) is 0. The molecule has 9 heavy (non-hydrogen) atoms. The highest BCUT2D eigenvalue weighted by molar-refractivity contribution is 6.22. The second kappa shape index (κ2) is 10.4.